The fourth-order valence-corrected chi connectivity index (χ4v) is 6.85. The minimum atomic E-state index is -0.287. The van der Waals surface area contributed by atoms with Gasteiger partial charge < -0.3 is 0 Å². The number of rotatable bonds is 1. The lowest BCUT2D eigenvalue weighted by Crippen LogP contribution is -2.54. The van der Waals surface area contributed by atoms with Gasteiger partial charge in [0.25, 0.3) is 0 Å². The Kier molecular flexibility index (Phi) is 7.75. The lowest BCUT2D eigenvalue weighted by molar-refractivity contribution is 0.283. The first-order valence-corrected chi connectivity index (χ1v) is 11.3. The molecule has 0 radical (unpaired) electrons. The van der Waals surface area contributed by atoms with Crippen molar-refractivity contribution in [2.45, 2.75) is 106 Å². The topological polar surface area (TPSA) is 0 Å². The summed E-state index contributed by atoms with van der Waals surface area (Å²) < 4.78 is 0. The third kappa shape index (κ3) is 4.51. The highest BCUT2D eigenvalue weighted by Crippen LogP contribution is 2.53. The van der Waals surface area contributed by atoms with Crippen molar-refractivity contribution in [1.82, 2.24) is 0 Å². The van der Waals surface area contributed by atoms with Gasteiger partial charge in [-0.3, -0.25) is 0 Å². The Labute approximate surface area is 152 Å². The SMILES string of the molecule is CC1CCCCCCC(Cl)(C2CCCCCCCS2)C1(C)Cl. The van der Waals surface area contributed by atoms with E-state index in [0.717, 1.165) is 6.42 Å². The average molecular weight is 365 g/mol. The first-order chi connectivity index (χ1) is 10.5. The Bertz CT molecular complexity index is 321. The maximum Gasteiger partial charge on any atom is 0.0755 e. The zero-order chi connectivity index (χ0) is 16.1. The van der Waals surface area contributed by atoms with Crippen molar-refractivity contribution in [3.63, 3.8) is 0 Å². The molecule has 0 aromatic carbocycles. The number of halogens is 2. The van der Waals surface area contributed by atoms with Crippen LogP contribution in [0.2, 0.25) is 0 Å². The van der Waals surface area contributed by atoms with E-state index >= 15 is 0 Å². The number of alkyl halides is 2. The Hall–Kier alpha value is 0.930. The molecule has 2 fully saturated rings. The summed E-state index contributed by atoms with van der Waals surface area (Å²) in [6, 6.07) is 0. The quantitative estimate of drug-likeness (QED) is 0.436. The van der Waals surface area contributed by atoms with Gasteiger partial charge >= 0.3 is 0 Å². The summed E-state index contributed by atoms with van der Waals surface area (Å²) in [4.78, 5) is -0.530. The van der Waals surface area contributed by atoms with Gasteiger partial charge in [-0.05, 0) is 44.3 Å². The predicted octanol–water partition coefficient (Wildman–Crippen LogP) is 7.41. The Morgan fingerprint density at radius 2 is 1.41 bits per heavy atom. The Morgan fingerprint density at radius 1 is 0.818 bits per heavy atom. The second-order valence-electron chi connectivity index (χ2n) is 7.71. The molecule has 0 amide bonds. The minimum Gasteiger partial charge on any atom is -0.157 e. The van der Waals surface area contributed by atoms with Gasteiger partial charge in [0.15, 0.2) is 0 Å². The van der Waals surface area contributed by atoms with Gasteiger partial charge in [-0.1, -0.05) is 58.3 Å². The summed E-state index contributed by atoms with van der Waals surface area (Å²) >= 11 is 16.7. The van der Waals surface area contributed by atoms with E-state index in [0.29, 0.717) is 11.2 Å². The van der Waals surface area contributed by atoms with E-state index < -0.39 is 0 Å². The van der Waals surface area contributed by atoms with Crippen LogP contribution >= 0.6 is 35.0 Å². The van der Waals surface area contributed by atoms with Gasteiger partial charge in [0.05, 0.1) is 9.75 Å². The van der Waals surface area contributed by atoms with Crippen LogP contribution in [0.15, 0.2) is 0 Å². The fourth-order valence-electron chi connectivity index (χ4n) is 4.22. The van der Waals surface area contributed by atoms with Crippen LogP contribution in [0.3, 0.4) is 0 Å². The van der Waals surface area contributed by atoms with Crippen molar-refractivity contribution in [2.24, 2.45) is 5.92 Å². The van der Waals surface area contributed by atoms with E-state index in [2.05, 4.69) is 25.6 Å². The lowest BCUT2D eigenvalue weighted by Gasteiger charge is -2.48. The smallest absolute Gasteiger partial charge is 0.0755 e. The summed E-state index contributed by atoms with van der Waals surface area (Å²) in [5.74, 6) is 1.76. The average Bonchev–Trinajstić information content (AvgIpc) is 2.65. The second-order valence-corrected chi connectivity index (χ2v) is 10.5. The first kappa shape index (κ1) is 19.3. The molecule has 0 spiro atoms. The molecular formula is C19H34Cl2S. The summed E-state index contributed by atoms with van der Waals surface area (Å²) in [5.41, 5.74) is 0. The highest BCUT2D eigenvalue weighted by molar-refractivity contribution is 8.00. The molecule has 0 N–H and O–H groups in total. The molecule has 130 valence electrons. The van der Waals surface area contributed by atoms with Crippen LogP contribution in [-0.4, -0.2) is 20.8 Å². The third-order valence-electron chi connectivity index (χ3n) is 6.11. The zero-order valence-electron chi connectivity index (χ0n) is 14.5. The van der Waals surface area contributed by atoms with E-state index in [1.54, 1.807) is 0 Å². The van der Waals surface area contributed by atoms with Gasteiger partial charge in [-0.25, -0.2) is 0 Å². The van der Waals surface area contributed by atoms with Crippen LogP contribution in [-0.2, 0) is 0 Å². The molecule has 1 aliphatic heterocycles. The summed E-state index contributed by atoms with van der Waals surface area (Å²) in [7, 11) is 0. The Morgan fingerprint density at radius 3 is 2.18 bits per heavy atom. The minimum absolute atomic E-state index is 0.243. The molecule has 3 heteroatoms. The molecule has 2 rings (SSSR count). The molecule has 0 bridgehead atoms. The van der Waals surface area contributed by atoms with Crippen molar-refractivity contribution in [3.05, 3.63) is 0 Å². The Balaban J connectivity index is 2.22. The maximum atomic E-state index is 7.42. The van der Waals surface area contributed by atoms with Gasteiger partial charge in [0.2, 0.25) is 0 Å². The van der Waals surface area contributed by atoms with Gasteiger partial charge in [-0.2, -0.15) is 11.8 Å². The van der Waals surface area contributed by atoms with Crippen molar-refractivity contribution in [1.29, 1.82) is 0 Å². The highest BCUT2D eigenvalue weighted by Gasteiger charge is 2.53. The predicted molar refractivity (Wildman–Crippen MR) is 104 cm³/mol. The van der Waals surface area contributed by atoms with Gasteiger partial charge in [-0.15, -0.1) is 23.2 Å². The zero-order valence-corrected chi connectivity index (χ0v) is 16.8. The highest BCUT2D eigenvalue weighted by atomic mass is 35.5. The lowest BCUT2D eigenvalue weighted by atomic mass is 9.75. The monoisotopic (exact) mass is 364 g/mol. The molecule has 1 heterocycles. The largest absolute Gasteiger partial charge is 0.157 e. The van der Waals surface area contributed by atoms with Gasteiger partial charge in [0.1, 0.15) is 0 Å². The molecule has 1 saturated heterocycles. The maximum absolute atomic E-state index is 7.42. The van der Waals surface area contributed by atoms with Crippen molar-refractivity contribution in [2.75, 3.05) is 5.75 Å². The summed E-state index contributed by atoms with van der Waals surface area (Å²) in [6.45, 7) is 4.57. The van der Waals surface area contributed by atoms with Crippen LogP contribution in [0.4, 0.5) is 0 Å². The van der Waals surface area contributed by atoms with E-state index in [1.807, 2.05) is 0 Å². The van der Waals surface area contributed by atoms with E-state index in [-0.39, 0.29) is 9.75 Å². The van der Waals surface area contributed by atoms with E-state index in [4.69, 9.17) is 23.2 Å². The van der Waals surface area contributed by atoms with Crippen molar-refractivity contribution >= 4 is 35.0 Å². The van der Waals surface area contributed by atoms with Gasteiger partial charge in [0, 0.05) is 5.25 Å². The molecule has 0 aromatic heterocycles. The molecule has 0 nitrogen and oxygen atoms in total. The molecule has 2 aliphatic rings. The van der Waals surface area contributed by atoms with Crippen LogP contribution in [0, 0.1) is 5.92 Å². The molecule has 4 atom stereocenters. The molecular weight excluding hydrogens is 331 g/mol. The number of hydrogen-bond acceptors (Lipinski definition) is 1. The second kappa shape index (κ2) is 8.86. The molecule has 4 unspecified atom stereocenters. The first-order valence-electron chi connectivity index (χ1n) is 9.48. The van der Waals surface area contributed by atoms with E-state index in [1.165, 1.54) is 76.4 Å². The third-order valence-corrected chi connectivity index (χ3v) is 9.45. The fraction of sp³-hybridized carbons (Fsp3) is 1.00. The molecule has 1 aliphatic carbocycles. The summed E-state index contributed by atoms with van der Waals surface area (Å²) in [5, 5.41) is 0.523. The van der Waals surface area contributed by atoms with Crippen molar-refractivity contribution in [3.8, 4) is 0 Å². The van der Waals surface area contributed by atoms with Crippen LogP contribution < -0.4 is 0 Å². The normalized spacial score (nSPS) is 43.1. The van der Waals surface area contributed by atoms with Crippen LogP contribution in [0.5, 0.6) is 0 Å². The molecule has 1 saturated carbocycles. The molecule has 0 aromatic rings. The number of hydrogen-bond donors (Lipinski definition) is 0. The van der Waals surface area contributed by atoms with Crippen LogP contribution in [0.1, 0.15) is 90.9 Å². The van der Waals surface area contributed by atoms with Crippen molar-refractivity contribution < 1.29 is 0 Å². The molecule has 22 heavy (non-hydrogen) atoms. The number of thioether (sulfide) groups is 1. The standard InChI is InChI=1S/C19H34Cl2S/c1-16-12-8-5-6-10-14-19(21,18(16,2)20)17-13-9-4-3-7-11-15-22-17/h16-17H,3-15H2,1-2H3. The van der Waals surface area contributed by atoms with E-state index in [9.17, 15) is 0 Å². The van der Waals surface area contributed by atoms with Crippen LogP contribution in [0.25, 0.3) is 0 Å². The summed E-state index contributed by atoms with van der Waals surface area (Å²) in [6.07, 6.45) is 15.7.